The lowest BCUT2D eigenvalue weighted by Gasteiger charge is -2.11. The third-order valence-corrected chi connectivity index (χ3v) is 8.99. The summed E-state index contributed by atoms with van der Waals surface area (Å²) in [4.78, 5) is 25.3. The highest BCUT2D eigenvalue weighted by Crippen LogP contribution is 2.40. The SMILES string of the molecule is N#Cc1c(NC(=O)CSc2ncnc3sc4c(c23)CCCC4)sc2c1CCCC2. The van der Waals surface area contributed by atoms with E-state index in [9.17, 15) is 10.1 Å². The van der Waals surface area contributed by atoms with E-state index in [0.717, 1.165) is 59.3 Å². The van der Waals surface area contributed by atoms with Gasteiger partial charge in [-0.1, -0.05) is 11.8 Å². The van der Waals surface area contributed by atoms with Crippen molar-refractivity contribution < 1.29 is 4.79 Å². The number of anilines is 1. The summed E-state index contributed by atoms with van der Waals surface area (Å²) in [5.41, 5.74) is 3.20. The van der Waals surface area contributed by atoms with Gasteiger partial charge in [0, 0.05) is 15.1 Å². The van der Waals surface area contributed by atoms with E-state index < -0.39 is 0 Å². The Labute approximate surface area is 181 Å². The smallest absolute Gasteiger partial charge is 0.235 e. The molecule has 2 aliphatic rings. The monoisotopic (exact) mass is 440 g/mol. The molecule has 3 heterocycles. The summed E-state index contributed by atoms with van der Waals surface area (Å²) in [6.45, 7) is 0. The van der Waals surface area contributed by atoms with Gasteiger partial charge >= 0.3 is 0 Å². The minimum absolute atomic E-state index is 0.0824. The highest BCUT2D eigenvalue weighted by Gasteiger charge is 2.23. The van der Waals surface area contributed by atoms with E-state index in [1.54, 1.807) is 29.0 Å². The summed E-state index contributed by atoms with van der Waals surface area (Å²) < 4.78 is 0. The topological polar surface area (TPSA) is 78.7 Å². The summed E-state index contributed by atoms with van der Waals surface area (Å²) in [6.07, 6.45) is 10.5. The van der Waals surface area contributed by atoms with Crippen molar-refractivity contribution in [3.63, 3.8) is 0 Å². The third-order valence-electron chi connectivity index (χ3n) is 5.59. The molecule has 0 fully saturated rings. The zero-order chi connectivity index (χ0) is 19.8. The maximum atomic E-state index is 12.7. The normalized spacial score (nSPS) is 15.6. The van der Waals surface area contributed by atoms with Crippen LogP contribution in [0.4, 0.5) is 5.00 Å². The van der Waals surface area contributed by atoms with Crippen LogP contribution in [0.15, 0.2) is 11.4 Å². The van der Waals surface area contributed by atoms with Crippen molar-refractivity contribution in [1.82, 2.24) is 9.97 Å². The molecule has 1 amide bonds. The van der Waals surface area contributed by atoms with Gasteiger partial charge in [0.05, 0.1) is 11.3 Å². The predicted molar refractivity (Wildman–Crippen MR) is 119 cm³/mol. The van der Waals surface area contributed by atoms with Gasteiger partial charge < -0.3 is 5.32 Å². The fourth-order valence-electron chi connectivity index (χ4n) is 4.24. The molecule has 148 valence electrons. The van der Waals surface area contributed by atoms with Crippen LogP contribution in [0.1, 0.15) is 52.1 Å². The highest BCUT2D eigenvalue weighted by atomic mass is 32.2. The number of hydrogen-bond acceptors (Lipinski definition) is 7. The highest BCUT2D eigenvalue weighted by molar-refractivity contribution is 8.00. The van der Waals surface area contributed by atoms with Gasteiger partial charge in [-0.15, -0.1) is 22.7 Å². The van der Waals surface area contributed by atoms with Gasteiger partial charge in [0.25, 0.3) is 0 Å². The number of rotatable bonds is 4. The van der Waals surface area contributed by atoms with E-state index in [0.29, 0.717) is 10.6 Å². The Morgan fingerprint density at radius 3 is 2.59 bits per heavy atom. The molecule has 0 saturated heterocycles. The van der Waals surface area contributed by atoms with E-state index in [1.165, 1.54) is 39.9 Å². The zero-order valence-electron chi connectivity index (χ0n) is 15.9. The molecule has 5 rings (SSSR count). The lowest BCUT2D eigenvalue weighted by Crippen LogP contribution is -2.14. The molecule has 3 aromatic rings. The van der Waals surface area contributed by atoms with Crippen LogP contribution in [-0.4, -0.2) is 21.6 Å². The Morgan fingerprint density at radius 2 is 1.79 bits per heavy atom. The minimum atomic E-state index is -0.0824. The number of carbonyl (C=O) groups is 1. The van der Waals surface area contributed by atoms with Crippen LogP contribution >= 0.6 is 34.4 Å². The molecular weight excluding hydrogens is 420 g/mol. The molecule has 0 aromatic carbocycles. The molecule has 1 N–H and O–H groups in total. The number of nitriles is 1. The van der Waals surface area contributed by atoms with Gasteiger partial charge in [0.2, 0.25) is 5.91 Å². The van der Waals surface area contributed by atoms with Crippen molar-refractivity contribution >= 4 is 55.6 Å². The Kier molecular flexibility index (Phi) is 5.29. The number of thioether (sulfide) groups is 1. The maximum Gasteiger partial charge on any atom is 0.235 e. The maximum absolute atomic E-state index is 12.7. The second-order valence-electron chi connectivity index (χ2n) is 7.43. The molecule has 0 unspecified atom stereocenters. The third kappa shape index (κ3) is 3.56. The van der Waals surface area contributed by atoms with E-state index in [4.69, 9.17) is 0 Å². The molecule has 0 spiro atoms. The van der Waals surface area contributed by atoms with Gasteiger partial charge in [0.1, 0.15) is 27.3 Å². The van der Waals surface area contributed by atoms with Crippen LogP contribution in [0.3, 0.4) is 0 Å². The van der Waals surface area contributed by atoms with Gasteiger partial charge in [-0.3, -0.25) is 4.79 Å². The standard InChI is InChI=1S/C21H20N4OS3/c22-9-14-12-5-1-3-7-15(12)28-19(14)25-17(26)10-27-20-18-13-6-2-4-8-16(13)29-21(18)24-11-23-20/h11H,1-8,10H2,(H,25,26). The number of fused-ring (bicyclic) bond motifs is 4. The lowest BCUT2D eigenvalue weighted by molar-refractivity contribution is -0.113. The van der Waals surface area contributed by atoms with Crippen molar-refractivity contribution in [3.8, 4) is 6.07 Å². The van der Waals surface area contributed by atoms with Gasteiger partial charge in [-0.25, -0.2) is 9.97 Å². The van der Waals surface area contributed by atoms with E-state index in [-0.39, 0.29) is 11.7 Å². The number of hydrogen-bond donors (Lipinski definition) is 1. The van der Waals surface area contributed by atoms with Gasteiger partial charge in [0.15, 0.2) is 0 Å². The molecule has 3 aromatic heterocycles. The summed E-state index contributed by atoms with van der Waals surface area (Å²) in [5.74, 6) is 0.199. The first-order valence-electron chi connectivity index (χ1n) is 9.97. The zero-order valence-corrected chi connectivity index (χ0v) is 18.4. The largest absolute Gasteiger partial charge is 0.316 e. The van der Waals surface area contributed by atoms with Gasteiger partial charge in [-0.05, 0) is 62.5 Å². The fraction of sp³-hybridized carbons (Fsp3) is 0.429. The first kappa shape index (κ1) is 19.0. The Morgan fingerprint density at radius 1 is 1.07 bits per heavy atom. The lowest BCUT2D eigenvalue weighted by atomic mass is 9.96. The number of nitrogens with one attached hydrogen (secondary N) is 1. The molecule has 0 bridgehead atoms. The average Bonchev–Trinajstić information content (AvgIpc) is 3.29. The Hall–Kier alpha value is -1.95. The van der Waals surface area contributed by atoms with Crippen molar-refractivity contribution in [1.29, 1.82) is 5.26 Å². The average molecular weight is 441 g/mol. The Bertz CT molecular complexity index is 1140. The van der Waals surface area contributed by atoms with Crippen LogP contribution in [0.2, 0.25) is 0 Å². The fourth-order valence-corrected chi connectivity index (χ4v) is 7.61. The first-order chi connectivity index (χ1) is 14.2. The summed E-state index contributed by atoms with van der Waals surface area (Å²) in [7, 11) is 0. The number of amides is 1. The molecule has 8 heteroatoms. The number of aryl methyl sites for hydroxylation is 3. The molecule has 29 heavy (non-hydrogen) atoms. The molecule has 0 radical (unpaired) electrons. The second kappa shape index (κ2) is 8.05. The molecular formula is C21H20N4OS3. The van der Waals surface area contributed by atoms with Gasteiger partial charge in [-0.2, -0.15) is 5.26 Å². The number of carbonyl (C=O) groups excluding carboxylic acids is 1. The number of nitrogens with zero attached hydrogens (tertiary/aromatic N) is 3. The second-order valence-corrected chi connectivity index (χ2v) is 10.6. The van der Waals surface area contributed by atoms with E-state index in [1.807, 2.05) is 0 Å². The summed E-state index contributed by atoms with van der Waals surface area (Å²) in [6, 6.07) is 2.31. The van der Waals surface area contributed by atoms with Crippen LogP contribution in [0.25, 0.3) is 10.2 Å². The summed E-state index contributed by atoms with van der Waals surface area (Å²) >= 11 is 4.81. The molecule has 0 atom stereocenters. The van der Waals surface area contributed by atoms with Crippen LogP contribution in [0.5, 0.6) is 0 Å². The van der Waals surface area contributed by atoms with Crippen LogP contribution < -0.4 is 5.32 Å². The molecule has 2 aliphatic carbocycles. The van der Waals surface area contributed by atoms with Crippen molar-refractivity contribution in [2.75, 3.05) is 11.1 Å². The number of aromatic nitrogens is 2. The van der Waals surface area contributed by atoms with Crippen molar-refractivity contribution in [3.05, 3.63) is 32.8 Å². The van der Waals surface area contributed by atoms with E-state index >= 15 is 0 Å². The number of thiophene rings is 2. The molecule has 0 saturated carbocycles. The first-order valence-corrected chi connectivity index (χ1v) is 12.6. The quantitative estimate of drug-likeness (QED) is 0.450. The predicted octanol–water partition coefficient (Wildman–Crippen LogP) is 5.11. The molecule has 5 nitrogen and oxygen atoms in total. The molecule has 0 aliphatic heterocycles. The van der Waals surface area contributed by atoms with Crippen LogP contribution in [0, 0.1) is 11.3 Å². The van der Waals surface area contributed by atoms with Crippen LogP contribution in [-0.2, 0) is 30.5 Å². The van der Waals surface area contributed by atoms with Crippen molar-refractivity contribution in [2.45, 2.75) is 56.4 Å². The Balaban J connectivity index is 1.34. The minimum Gasteiger partial charge on any atom is -0.316 e. The summed E-state index contributed by atoms with van der Waals surface area (Å²) in [5, 5.41) is 15.3. The van der Waals surface area contributed by atoms with E-state index in [2.05, 4.69) is 21.4 Å². The van der Waals surface area contributed by atoms with Crippen molar-refractivity contribution in [2.24, 2.45) is 0 Å².